The van der Waals surface area contributed by atoms with E-state index >= 15 is 0 Å². The van der Waals surface area contributed by atoms with E-state index in [0.717, 1.165) is 0 Å². The number of amides is 1. The van der Waals surface area contributed by atoms with Crippen LogP contribution < -0.4 is 0 Å². The van der Waals surface area contributed by atoms with E-state index < -0.39 is 0 Å². The van der Waals surface area contributed by atoms with Gasteiger partial charge in [-0.05, 0) is 14.1 Å². The van der Waals surface area contributed by atoms with Crippen LogP contribution in [0.3, 0.4) is 0 Å². The molecule has 0 aromatic heterocycles. The summed E-state index contributed by atoms with van der Waals surface area (Å²) in [7, 11) is 7.09. The standard InChI is InChI=1S/C6H13N2O/c1-7(2)5-6(9)8(3)4/h5H,1-4H3. The Labute approximate surface area is 56.2 Å². The van der Waals surface area contributed by atoms with Gasteiger partial charge < -0.3 is 4.90 Å². The van der Waals surface area contributed by atoms with Crippen molar-refractivity contribution in [3.8, 4) is 0 Å². The van der Waals surface area contributed by atoms with Gasteiger partial charge in [0.25, 0.3) is 0 Å². The fourth-order valence-corrected chi connectivity index (χ4v) is 0.336. The van der Waals surface area contributed by atoms with Crippen molar-refractivity contribution in [1.82, 2.24) is 9.80 Å². The number of likely N-dealkylation sites (N-methyl/N-ethyl adjacent to an activating group) is 2. The molecule has 0 atom stereocenters. The summed E-state index contributed by atoms with van der Waals surface area (Å²) in [4.78, 5) is 14.0. The van der Waals surface area contributed by atoms with Gasteiger partial charge in [0, 0.05) is 14.1 Å². The number of nitrogens with zero attached hydrogens (tertiary/aromatic N) is 2. The first-order valence-electron chi connectivity index (χ1n) is 2.76. The molecule has 0 aliphatic rings. The van der Waals surface area contributed by atoms with Crippen molar-refractivity contribution < 1.29 is 4.79 Å². The Morgan fingerprint density at radius 2 is 1.67 bits per heavy atom. The highest BCUT2D eigenvalue weighted by molar-refractivity contribution is 5.83. The van der Waals surface area contributed by atoms with E-state index in [2.05, 4.69) is 0 Å². The summed E-state index contributed by atoms with van der Waals surface area (Å²) in [6, 6.07) is 0. The lowest BCUT2D eigenvalue weighted by Gasteiger charge is -2.12. The minimum Gasteiger partial charge on any atom is -0.347 e. The normalized spacial score (nSPS) is 9.89. The summed E-state index contributed by atoms with van der Waals surface area (Å²) in [5, 5.41) is 0. The zero-order valence-electron chi connectivity index (χ0n) is 6.38. The SMILES string of the molecule is CN(C)[CH]C(=O)N(C)C. The lowest BCUT2D eigenvalue weighted by atomic mass is 10.5. The third kappa shape index (κ3) is 3.97. The lowest BCUT2D eigenvalue weighted by molar-refractivity contribution is -0.126. The van der Waals surface area contributed by atoms with Crippen LogP contribution in [0, 0.1) is 6.54 Å². The van der Waals surface area contributed by atoms with Gasteiger partial charge in [0.2, 0.25) is 5.91 Å². The van der Waals surface area contributed by atoms with Gasteiger partial charge in [-0.15, -0.1) is 0 Å². The molecule has 0 saturated heterocycles. The van der Waals surface area contributed by atoms with Crippen LogP contribution in [-0.2, 0) is 4.79 Å². The van der Waals surface area contributed by atoms with E-state index in [-0.39, 0.29) is 5.91 Å². The molecule has 0 aliphatic carbocycles. The Kier molecular flexibility index (Phi) is 3.24. The molecule has 0 saturated carbocycles. The second-order valence-electron chi connectivity index (χ2n) is 2.33. The Balaban J connectivity index is 3.51. The van der Waals surface area contributed by atoms with Crippen LogP contribution in [0.5, 0.6) is 0 Å². The molecular weight excluding hydrogens is 116 g/mol. The van der Waals surface area contributed by atoms with E-state index in [0.29, 0.717) is 0 Å². The Hall–Kier alpha value is -0.570. The Bertz CT molecular complexity index is 99.2. The van der Waals surface area contributed by atoms with Crippen molar-refractivity contribution in [2.24, 2.45) is 0 Å². The smallest absolute Gasteiger partial charge is 0.241 e. The average molecular weight is 129 g/mol. The average Bonchev–Trinajstić information content (AvgIpc) is 1.63. The van der Waals surface area contributed by atoms with Crippen LogP contribution in [0.15, 0.2) is 0 Å². The van der Waals surface area contributed by atoms with Crippen molar-refractivity contribution in [3.05, 3.63) is 6.54 Å². The fraction of sp³-hybridized carbons (Fsp3) is 0.667. The maximum atomic E-state index is 10.8. The first-order valence-corrected chi connectivity index (χ1v) is 2.76. The molecule has 0 N–H and O–H groups in total. The van der Waals surface area contributed by atoms with E-state index in [4.69, 9.17) is 0 Å². The Morgan fingerprint density at radius 1 is 1.22 bits per heavy atom. The highest BCUT2D eigenvalue weighted by atomic mass is 16.2. The van der Waals surface area contributed by atoms with E-state index in [1.54, 1.807) is 19.0 Å². The lowest BCUT2D eigenvalue weighted by Crippen LogP contribution is -2.27. The molecule has 0 spiro atoms. The molecule has 0 aromatic carbocycles. The number of hydrogen-bond donors (Lipinski definition) is 0. The third-order valence-corrected chi connectivity index (χ3v) is 0.809. The molecule has 0 unspecified atom stereocenters. The highest BCUT2D eigenvalue weighted by Gasteiger charge is 2.03. The van der Waals surface area contributed by atoms with Crippen molar-refractivity contribution in [3.63, 3.8) is 0 Å². The van der Waals surface area contributed by atoms with Crippen LogP contribution in [0.25, 0.3) is 0 Å². The predicted octanol–water partition coefficient (Wildman–Crippen LogP) is -0.202. The summed E-state index contributed by atoms with van der Waals surface area (Å²) < 4.78 is 0. The van der Waals surface area contributed by atoms with E-state index in [1.165, 1.54) is 11.4 Å². The van der Waals surface area contributed by atoms with Crippen molar-refractivity contribution in [2.45, 2.75) is 0 Å². The van der Waals surface area contributed by atoms with E-state index in [9.17, 15) is 4.79 Å². The minimum absolute atomic E-state index is 0.0139. The van der Waals surface area contributed by atoms with Gasteiger partial charge in [0.15, 0.2) is 0 Å². The van der Waals surface area contributed by atoms with Crippen LogP contribution in [0.1, 0.15) is 0 Å². The molecule has 0 heterocycles. The monoisotopic (exact) mass is 129 g/mol. The molecule has 0 rings (SSSR count). The molecule has 0 bridgehead atoms. The van der Waals surface area contributed by atoms with Crippen LogP contribution in [-0.4, -0.2) is 43.9 Å². The minimum atomic E-state index is 0.0139. The molecule has 0 aromatic rings. The van der Waals surface area contributed by atoms with Gasteiger partial charge in [-0.2, -0.15) is 0 Å². The topological polar surface area (TPSA) is 23.6 Å². The maximum Gasteiger partial charge on any atom is 0.241 e. The molecule has 1 amide bonds. The first-order chi connectivity index (χ1) is 4.04. The van der Waals surface area contributed by atoms with Crippen molar-refractivity contribution >= 4 is 5.91 Å². The zero-order valence-corrected chi connectivity index (χ0v) is 6.38. The Morgan fingerprint density at radius 3 is 1.78 bits per heavy atom. The summed E-state index contributed by atoms with van der Waals surface area (Å²) in [6.07, 6.45) is 0. The molecule has 1 radical (unpaired) electrons. The van der Waals surface area contributed by atoms with Crippen molar-refractivity contribution in [1.29, 1.82) is 0 Å². The molecule has 3 heteroatoms. The molecule has 9 heavy (non-hydrogen) atoms. The van der Waals surface area contributed by atoms with Crippen LogP contribution in [0.2, 0.25) is 0 Å². The predicted molar refractivity (Wildman–Crippen MR) is 36.7 cm³/mol. The van der Waals surface area contributed by atoms with Gasteiger partial charge in [-0.25, -0.2) is 0 Å². The van der Waals surface area contributed by atoms with Crippen LogP contribution >= 0.6 is 0 Å². The van der Waals surface area contributed by atoms with Gasteiger partial charge in [-0.1, -0.05) is 0 Å². The summed E-state index contributed by atoms with van der Waals surface area (Å²) >= 11 is 0. The highest BCUT2D eigenvalue weighted by Crippen LogP contribution is 1.86. The fourth-order valence-electron chi connectivity index (χ4n) is 0.336. The number of hydrogen-bond acceptors (Lipinski definition) is 2. The van der Waals surface area contributed by atoms with Gasteiger partial charge in [0.1, 0.15) is 6.54 Å². The largest absolute Gasteiger partial charge is 0.347 e. The summed E-state index contributed by atoms with van der Waals surface area (Å²) in [6.45, 7) is 1.53. The maximum absolute atomic E-state index is 10.8. The zero-order chi connectivity index (χ0) is 7.44. The van der Waals surface area contributed by atoms with Gasteiger partial charge >= 0.3 is 0 Å². The molecule has 0 aliphatic heterocycles. The molecular formula is C6H13N2O. The van der Waals surface area contributed by atoms with E-state index in [1.807, 2.05) is 14.1 Å². The quantitative estimate of drug-likeness (QED) is 0.515. The molecule has 0 fully saturated rings. The first kappa shape index (κ1) is 8.43. The molecule has 3 nitrogen and oxygen atoms in total. The molecule has 53 valence electrons. The van der Waals surface area contributed by atoms with Gasteiger partial charge in [0.05, 0.1) is 0 Å². The number of rotatable bonds is 2. The van der Waals surface area contributed by atoms with Gasteiger partial charge in [-0.3, -0.25) is 9.69 Å². The number of carbonyl (C=O) groups is 1. The number of carbonyl (C=O) groups excluding carboxylic acids is 1. The third-order valence-electron chi connectivity index (χ3n) is 0.809. The second-order valence-corrected chi connectivity index (χ2v) is 2.33. The van der Waals surface area contributed by atoms with Crippen LogP contribution in [0.4, 0.5) is 0 Å². The summed E-state index contributed by atoms with van der Waals surface area (Å²) in [5.41, 5.74) is 0. The summed E-state index contributed by atoms with van der Waals surface area (Å²) in [5.74, 6) is 0.0139. The van der Waals surface area contributed by atoms with Crippen molar-refractivity contribution in [2.75, 3.05) is 28.2 Å². The second kappa shape index (κ2) is 3.45.